The lowest BCUT2D eigenvalue weighted by molar-refractivity contribution is 0.232. The van der Waals surface area contributed by atoms with E-state index < -0.39 is 5.95 Å². The van der Waals surface area contributed by atoms with Gasteiger partial charge < -0.3 is 14.2 Å². The van der Waals surface area contributed by atoms with Gasteiger partial charge in [0.1, 0.15) is 36.1 Å². The zero-order valence-electron chi connectivity index (χ0n) is 22.3. The van der Waals surface area contributed by atoms with Gasteiger partial charge in [0.25, 0.3) is 0 Å². The molecule has 200 valence electrons. The van der Waals surface area contributed by atoms with E-state index in [0.717, 1.165) is 55.1 Å². The average molecular weight is 526 g/mol. The average Bonchev–Trinajstić information content (AvgIpc) is 3.39. The van der Waals surface area contributed by atoms with Crippen LogP contribution >= 0.6 is 0 Å². The van der Waals surface area contributed by atoms with Crippen molar-refractivity contribution in [2.24, 2.45) is 7.05 Å². The van der Waals surface area contributed by atoms with Crippen LogP contribution in [0.1, 0.15) is 35.7 Å². The predicted octanol–water partition coefficient (Wildman–Crippen LogP) is 4.78. The summed E-state index contributed by atoms with van der Waals surface area (Å²) >= 11 is 0. The number of aromatic nitrogens is 4. The van der Waals surface area contributed by atoms with Crippen LogP contribution < -0.4 is 9.64 Å². The summed E-state index contributed by atoms with van der Waals surface area (Å²) in [5.41, 5.74) is 4.12. The smallest absolute Gasteiger partial charge is 0.212 e. The first-order valence-corrected chi connectivity index (χ1v) is 13.2. The van der Waals surface area contributed by atoms with Crippen LogP contribution in [0.25, 0.3) is 11.1 Å². The maximum absolute atomic E-state index is 13.6. The molecule has 8 nitrogen and oxygen atoms in total. The number of piperidine rings is 1. The summed E-state index contributed by atoms with van der Waals surface area (Å²) in [5.74, 6) is 1.30. The minimum Gasteiger partial charge on any atom is -0.491 e. The van der Waals surface area contributed by atoms with E-state index in [0.29, 0.717) is 30.4 Å². The molecule has 1 fully saturated rings. The van der Waals surface area contributed by atoms with E-state index in [1.54, 1.807) is 12.4 Å². The largest absolute Gasteiger partial charge is 0.491 e. The van der Waals surface area contributed by atoms with Gasteiger partial charge in [-0.3, -0.25) is 4.90 Å². The fourth-order valence-electron chi connectivity index (χ4n) is 5.21. The molecule has 0 atom stereocenters. The molecule has 4 aromatic rings. The van der Waals surface area contributed by atoms with E-state index >= 15 is 0 Å². The second kappa shape index (κ2) is 12.0. The van der Waals surface area contributed by atoms with Crippen LogP contribution in [0.3, 0.4) is 0 Å². The van der Waals surface area contributed by atoms with Crippen molar-refractivity contribution in [3.05, 3.63) is 90.0 Å². The van der Waals surface area contributed by atoms with Crippen LogP contribution in [0.4, 0.5) is 10.1 Å². The lowest BCUT2D eigenvalue weighted by atomic mass is 9.93. The Hall–Kier alpha value is -4.29. The first-order chi connectivity index (χ1) is 19.0. The van der Waals surface area contributed by atoms with Gasteiger partial charge in [-0.15, -0.1) is 10.2 Å². The summed E-state index contributed by atoms with van der Waals surface area (Å²) in [4.78, 5) is 8.28. The van der Waals surface area contributed by atoms with Crippen molar-refractivity contribution in [1.82, 2.24) is 24.6 Å². The Morgan fingerprint density at radius 1 is 1.10 bits per heavy atom. The minimum atomic E-state index is -0.537. The first kappa shape index (κ1) is 26.3. The summed E-state index contributed by atoms with van der Waals surface area (Å²) in [6, 6.07) is 19.5. The predicted molar refractivity (Wildman–Crippen MR) is 148 cm³/mol. The van der Waals surface area contributed by atoms with Gasteiger partial charge >= 0.3 is 0 Å². The third-order valence-electron chi connectivity index (χ3n) is 7.24. The standard InChI is InChI=1S/C30H32FN7O/c1-36(20-22-6-4-3-5-7-22)16-17-39-27-10-9-25(24-8-11-28(31)33-19-24)29(26(27)18-32)38-14-12-23(13-15-38)30-35-34-21-37(30)2/h3-11,19,21,23H,12-17,20H2,1-2H3. The fourth-order valence-corrected chi connectivity index (χ4v) is 5.21. The van der Waals surface area contributed by atoms with Crippen LogP contribution in [0, 0.1) is 17.3 Å². The Balaban J connectivity index is 1.37. The van der Waals surface area contributed by atoms with Gasteiger partial charge in [0.05, 0.1) is 5.69 Å². The monoisotopic (exact) mass is 525 g/mol. The zero-order valence-corrected chi connectivity index (χ0v) is 22.3. The molecule has 0 aliphatic carbocycles. The van der Waals surface area contributed by atoms with Gasteiger partial charge in [-0.25, -0.2) is 4.98 Å². The molecule has 2 aromatic heterocycles. The SMILES string of the molecule is CN(CCOc1ccc(-c2ccc(F)nc2)c(N2CCC(c3nncn3C)CC2)c1C#N)Cc1ccccc1. The van der Waals surface area contributed by atoms with Crippen LogP contribution in [0.2, 0.25) is 0 Å². The van der Waals surface area contributed by atoms with E-state index in [1.165, 1.54) is 17.8 Å². The Kier molecular flexibility index (Phi) is 8.13. The number of rotatable bonds is 9. The van der Waals surface area contributed by atoms with Crippen LogP contribution in [-0.2, 0) is 13.6 Å². The molecule has 0 unspecified atom stereocenters. The van der Waals surface area contributed by atoms with Crippen LogP contribution in [0.5, 0.6) is 5.75 Å². The molecule has 9 heteroatoms. The molecule has 0 saturated carbocycles. The number of benzene rings is 2. The summed E-state index contributed by atoms with van der Waals surface area (Å²) in [6.45, 7) is 3.47. The summed E-state index contributed by atoms with van der Waals surface area (Å²) in [6.07, 6.45) is 5.01. The summed E-state index contributed by atoms with van der Waals surface area (Å²) in [7, 11) is 4.02. The lowest BCUT2D eigenvalue weighted by Gasteiger charge is -2.35. The van der Waals surface area contributed by atoms with E-state index in [9.17, 15) is 9.65 Å². The molecule has 3 heterocycles. The van der Waals surface area contributed by atoms with Gasteiger partial charge in [0.15, 0.2) is 0 Å². The normalized spacial score (nSPS) is 14.0. The molecular weight excluding hydrogens is 493 g/mol. The Morgan fingerprint density at radius 3 is 2.56 bits per heavy atom. The number of hydrogen-bond acceptors (Lipinski definition) is 7. The number of hydrogen-bond donors (Lipinski definition) is 0. The van der Waals surface area contributed by atoms with Gasteiger partial charge in [-0.05, 0) is 49.7 Å². The lowest BCUT2D eigenvalue weighted by Crippen LogP contribution is -2.34. The molecule has 2 aromatic carbocycles. The van der Waals surface area contributed by atoms with Crippen LogP contribution in [-0.4, -0.2) is 57.9 Å². The van der Waals surface area contributed by atoms with E-state index in [4.69, 9.17) is 4.74 Å². The van der Waals surface area contributed by atoms with Crippen molar-refractivity contribution in [2.45, 2.75) is 25.3 Å². The van der Waals surface area contributed by atoms with Crippen molar-refractivity contribution < 1.29 is 9.13 Å². The van der Waals surface area contributed by atoms with E-state index in [2.05, 4.69) is 50.2 Å². The fraction of sp³-hybridized carbons (Fsp3) is 0.333. The van der Waals surface area contributed by atoms with Crippen molar-refractivity contribution in [2.75, 3.05) is 38.2 Å². The molecule has 0 spiro atoms. The number of pyridine rings is 1. The third kappa shape index (κ3) is 6.07. The molecule has 0 bridgehead atoms. The zero-order chi connectivity index (χ0) is 27.2. The number of likely N-dealkylation sites (N-methyl/N-ethyl adjacent to an activating group) is 1. The van der Waals surface area contributed by atoms with Crippen molar-refractivity contribution >= 4 is 5.69 Å². The van der Waals surface area contributed by atoms with Crippen LogP contribution in [0.15, 0.2) is 67.1 Å². The number of nitrogens with zero attached hydrogens (tertiary/aromatic N) is 7. The minimum absolute atomic E-state index is 0.301. The van der Waals surface area contributed by atoms with Gasteiger partial charge in [-0.1, -0.05) is 30.3 Å². The summed E-state index contributed by atoms with van der Waals surface area (Å²) < 4.78 is 21.8. The topological polar surface area (TPSA) is 83.1 Å². The highest BCUT2D eigenvalue weighted by Crippen LogP contribution is 2.41. The Bertz CT molecular complexity index is 1420. The van der Waals surface area contributed by atoms with E-state index in [1.807, 2.05) is 41.9 Å². The molecule has 1 aliphatic rings. The second-order valence-corrected chi connectivity index (χ2v) is 9.95. The highest BCUT2D eigenvalue weighted by Gasteiger charge is 2.28. The Labute approximate surface area is 228 Å². The number of aryl methyl sites for hydroxylation is 1. The highest BCUT2D eigenvalue weighted by molar-refractivity contribution is 5.85. The maximum atomic E-state index is 13.6. The van der Waals surface area contributed by atoms with Gasteiger partial charge in [-0.2, -0.15) is 9.65 Å². The quantitative estimate of drug-likeness (QED) is 0.291. The van der Waals surface area contributed by atoms with Crippen molar-refractivity contribution in [3.8, 4) is 22.9 Å². The molecule has 0 radical (unpaired) electrons. The van der Waals surface area contributed by atoms with Crippen molar-refractivity contribution in [1.29, 1.82) is 5.26 Å². The molecule has 0 amide bonds. The first-order valence-electron chi connectivity index (χ1n) is 13.2. The molecule has 1 saturated heterocycles. The number of anilines is 1. The van der Waals surface area contributed by atoms with E-state index in [-0.39, 0.29) is 0 Å². The molecule has 39 heavy (non-hydrogen) atoms. The Morgan fingerprint density at radius 2 is 1.90 bits per heavy atom. The number of halogens is 1. The molecule has 5 rings (SSSR count). The molecule has 0 N–H and O–H groups in total. The van der Waals surface area contributed by atoms with Crippen molar-refractivity contribution in [3.63, 3.8) is 0 Å². The number of nitriles is 1. The van der Waals surface area contributed by atoms with Gasteiger partial charge in [0.2, 0.25) is 5.95 Å². The highest BCUT2D eigenvalue weighted by atomic mass is 19.1. The summed E-state index contributed by atoms with van der Waals surface area (Å²) in [5, 5.41) is 18.7. The maximum Gasteiger partial charge on any atom is 0.212 e. The molecular formula is C30H32FN7O. The third-order valence-corrected chi connectivity index (χ3v) is 7.24. The second-order valence-electron chi connectivity index (χ2n) is 9.95. The van der Waals surface area contributed by atoms with Gasteiger partial charge in [0, 0.05) is 56.5 Å². The number of ether oxygens (including phenoxy) is 1. The molecule has 1 aliphatic heterocycles.